The van der Waals surface area contributed by atoms with E-state index in [4.69, 9.17) is 11.6 Å². The first kappa shape index (κ1) is 22.1. The van der Waals surface area contributed by atoms with Gasteiger partial charge in [0.15, 0.2) is 5.82 Å². The zero-order chi connectivity index (χ0) is 23.0. The fourth-order valence-corrected chi connectivity index (χ4v) is 4.49. The molecule has 6 nitrogen and oxygen atoms in total. The predicted octanol–water partition coefficient (Wildman–Crippen LogP) is 5.84. The van der Waals surface area contributed by atoms with E-state index in [-0.39, 0.29) is 11.6 Å². The van der Waals surface area contributed by atoms with Crippen molar-refractivity contribution in [2.75, 3.05) is 9.79 Å². The lowest BCUT2D eigenvalue weighted by Crippen LogP contribution is -2.20. The van der Waals surface area contributed by atoms with Crippen molar-refractivity contribution in [3.63, 3.8) is 0 Å². The molecule has 1 unspecified atom stereocenters. The highest BCUT2D eigenvalue weighted by Crippen LogP contribution is 2.32. The number of hydrogen-bond donors (Lipinski definition) is 2. The summed E-state index contributed by atoms with van der Waals surface area (Å²) in [5, 5.41) is 12.6. The zero-order valence-corrected chi connectivity index (χ0v) is 19.5. The number of benzene rings is 3. The number of nitrogens with one attached hydrogen (secondary N) is 1. The fourth-order valence-electron chi connectivity index (χ4n) is 3.22. The summed E-state index contributed by atoms with van der Waals surface area (Å²) >= 11 is 5.96. The van der Waals surface area contributed by atoms with Gasteiger partial charge in [-0.25, -0.2) is 19.2 Å². The van der Waals surface area contributed by atoms with Crippen LogP contribution in [0.25, 0.3) is 11.0 Å². The first-order valence-corrected chi connectivity index (χ1v) is 12.0. The maximum absolute atomic E-state index is 13.4. The van der Waals surface area contributed by atoms with E-state index in [1.165, 1.54) is 0 Å². The predicted molar refractivity (Wildman–Crippen MR) is 133 cm³/mol. The number of halogens is 1. The van der Waals surface area contributed by atoms with Crippen molar-refractivity contribution in [1.82, 2.24) is 9.97 Å². The monoisotopic (exact) mass is 466 g/mol. The lowest BCUT2D eigenvalue weighted by Gasteiger charge is -2.22. The molecule has 0 fully saturated rings. The molecule has 0 spiro atoms. The molecular formula is C24H23ClN4O2S. The Morgan fingerprint density at radius 3 is 2.34 bits per heavy atom. The molecule has 4 rings (SSSR count). The van der Waals surface area contributed by atoms with Crippen molar-refractivity contribution < 1.29 is 9.42 Å². The van der Waals surface area contributed by atoms with Gasteiger partial charge in [0.2, 0.25) is 5.82 Å². The van der Waals surface area contributed by atoms with Crippen LogP contribution in [0.3, 0.4) is 0 Å². The number of anilines is 3. The van der Waals surface area contributed by atoms with Crippen LogP contribution in [0.15, 0.2) is 65.6 Å². The minimum absolute atomic E-state index is 0.122. The van der Waals surface area contributed by atoms with Gasteiger partial charge >= 0.3 is 0 Å². The summed E-state index contributed by atoms with van der Waals surface area (Å²) in [4.78, 5) is 9.70. The molecule has 0 aliphatic rings. The molecule has 0 saturated heterocycles. The van der Waals surface area contributed by atoms with Crippen LogP contribution < -0.4 is 9.79 Å². The molecule has 1 heterocycles. The van der Waals surface area contributed by atoms with Crippen LogP contribution in [0.1, 0.15) is 16.7 Å². The van der Waals surface area contributed by atoms with E-state index in [0.29, 0.717) is 26.6 Å². The van der Waals surface area contributed by atoms with Gasteiger partial charge in [0.25, 0.3) is 0 Å². The highest BCUT2D eigenvalue weighted by molar-refractivity contribution is 8.01. The number of rotatable bonds is 5. The zero-order valence-electron chi connectivity index (χ0n) is 18.0. The lowest BCUT2D eigenvalue weighted by molar-refractivity contribution is 0.298. The third-order valence-corrected chi connectivity index (χ3v) is 7.00. The van der Waals surface area contributed by atoms with Crippen molar-refractivity contribution in [3.8, 4) is 0 Å². The first-order chi connectivity index (χ1) is 15.1. The van der Waals surface area contributed by atoms with Gasteiger partial charge in [-0.3, -0.25) is 9.93 Å². The summed E-state index contributed by atoms with van der Waals surface area (Å²) in [6.45, 7) is 5.91. The Morgan fingerprint density at radius 2 is 1.66 bits per heavy atom. The summed E-state index contributed by atoms with van der Waals surface area (Å²) in [5.74, 6) is 4.14. The summed E-state index contributed by atoms with van der Waals surface area (Å²) in [7, 11) is -3.01. The molecular weight excluding hydrogens is 444 g/mol. The molecule has 32 heavy (non-hydrogen) atoms. The minimum atomic E-state index is -3.01. The summed E-state index contributed by atoms with van der Waals surface area (Å²) in [6.07, 6.45) is 0. The number of aryl methyl sites for hydroxylation is 3. The van der Waals surface area contributed by atoms with Gasteiger partial charge in [-0.2, -0.15) is 0 Å². The number of aromatic nitrogens is 2. The molecule has 164 valence electrons. The molecule has 0 aliphatic heterocycles. The van der Waals surface area contributed by atoms with E-state index in [2.05, 4.69) is 20.6 Å². The Kier molecular flexibility index (Phi) is 5.81. The van der Waals surface area contributed by atoms with E-state index in [1.54, 1.807) is 30.3 Å². The molecule has 2 N–H and O–H groups in total. The van der Waals surface area contributed by atoms with E-state index in [0.717, 1.165) is 21.8 Å². The van der Waals surface area contributed by atoms with Crippen LogP contribution in [0.2, 0.25) is 5.02 Å². The number of hydrogen-bond acceptors (Lipinski definition) is 5. The van der Waals surface area contributed by atoms with Gasteiger partial charge in [-0.15, -0.1) is 0 Å². The SMILES string of the molecule is C=S(=O)(Nc1nc2ccc(C)cc2nc1N(O)c1ccc(C)c(C)c1)c1ccc(Cl)cc1. The second-order valence-corrected chi connectivity index (χ2v) is 10.2. The van der Waals surface area contributed by atoms with Crippen LogP contribution in [0.5, 0.6) is 0 Å². The van der Waals surface area contributed by atoms with Crippen molar-refractivity contribution in [2.45, 2.75) is 25.7 Å². The van der Waals surface area contributed by atoms with Gasteiger partial charge in [0.05, 0.1) is 26.4 Å². The summed E-state index contributed by atoms with van der Waals surface area (Å²) in [6, 6.07) is 17.8. The molecule has 0 bridgehead atoms. The van der Waals surface area contributed by atoms with Crippen LogP contribution in [0, 0.1) is 20.8 Å². The number of nitrogens with zero attached hydrogens (tertiary/aromatic N) is 3. The molecule has 0 radical (unpaired) electrons. The average Bonchev–Trinajstić information content (AvgIpc) is 2.75. The minimum Gasteiger partial charge on any atom is -0.290 e. The van der Waals surface area contributed by atoms with E-state index >= 15 is 0 Å². The normalized spacial score (nSPS) is 13.0. The van der Waals surface area contributed by atoms with Crippen LogP contribution in [0.4, 0.5) is 17.3 Å². The average molecular weight is 467 g/mol. The smallest absolute Gasteiger partial charge is 0.202 e. The van der Waals surface area contributed by atoms with Gasteiger partial charge in [-0.05, 0) is 91.9 Å². The third kappa shape index (κ3) is 4.41. The second-order valence-electron chi connectivity index (χ2n) is 7.70. The lowest BCUT2D eigenvalue weighted by atomic mass is 10.1. The second kappa shape index (κ2) is 8.43. The summed E-state index contributed by atoms with van der Waals surface area (Å²) < 4.78 is 16.3. The van der Waals surface area contributed by atoms with Crippen molar-refractivity contribution >= 4 is 55.5 Å². The van der Waals surface area contributed by atoms with Gasteiger partial charge in [0, 0.05) is 9.92 Å². The van der Waals surface area contributed by atoms with E-state index < -0.39 is 9.71 Å². The van der Waals surface area contributed by atoms with Gasteiger partial charge in [0.1, 0.15) is 0 Å². The Hall–Kier alpha value is -3.13. The van der Waals surface area contributed by atoms with Crippen molar-refractivity contribution in [1.29, 1.82) is 0 Å². The highest BCUT2D eigenvalue weighted by atomic mass is 35.5. The van der Waals surface area contributed by atoms with Crippen LogP contribution >= 0.6 is 11.6 Å². The Labute approximate surface area is 192 Å². The molecule has 0 amide bonds. The molecule has 4 aromatic rings. The Morgan fingerprint density at radius 1 is 0.938 bits per heavy atom. The number of fused-ring (bicyclic) bond motifs is 1. The Bertz CT molecular complexity index is 1420. The van der Waals surface area contributed by atoms with Crippen LogP contribution in [-0.4, -0.2) is 25.3 Å². The first-order valence-electron chi connectivity index (χ1n) is 9.89. The molecule has 3 aromatic carbocycles. The van der Waals surface area contributed by atoms with Crippen molar-refractivity contribution in [3.05, 3.63) is 82.4 Å². The van der Waals surface area contributed by atoms with Gasteiger partial charge in [-0.1, -0.05) is 23.7 Å². The van der Waals surface area contributed by atoms with Crippen LogP contribution in [-0.2, 0) is 9.71 Å². The van der Waals surface area contributed by atoms with Crippen molar-refractivity contribution in [2.24, 2.45) is 0 Å². The summed E-state index contributed by atoms with van der Waals surface area (Å²) in [5.41, 5.74) is 4.85. The Balaban J connectivity index is 1.85. The maximum atomic E-state index is 13.4. The maximum Gasteiger partial charge on any atom is 0.202 e. The molecule has 1 atom stereocenters. The third-order valence-electron chi connectivity index (χ3n) is 5.19. The molecule has 0 aliphatic carbocycles. The quantitative estimate of drug-likeness (QED) is 0.285. The molecule has 8 heteroatoms. The largest absolute Gasteiger partial charge is 0.290 e. The van der Waals surface area contributed by atoms with E-state index in [1.807, 2.05) is 51.1 Å². The molecule has 0 saturated carbocycles. The highest BCUT2D eigenvalue weighted by Gasteiger charge is 2.20. The fraction of sp³-hybridized carbons (Fsp3) is 0.125. The van der Waals surface area contributed by atoms with Gasteiger partial charge < -0.3 is 0 Å². The topological polar surface area (TPSA) is 78.4 Å². The van der Waals surface area contributed by atoms with E-state index in [9.17, 15) is 9.42 Å². The molecule has 1 aromatic heterocycles. The standard InChI is InChI=1S/C24H23ClN4O2S/c1-15-5-12-21-22(13-15)27-24(29(30)19-9-6-16(2)17(3)14-19)23(26-21)28-32(4,31)20-10-7-18(25)8-11-20/h5-14,30H,4H2,1-3H3,(H,26,28,31).